The Labute approximate surface area is 160 Å². The largest absolute Gasteiger partial charge is 0.445 e. The van der Waals surface area contributed by atoms with E-state index in [1.54, 1.807) is 36.7 Å². The first-order chi connectivity index (χ1) is 12.4. The molecule has 0 aliphatic rings. The maximum Gasteiger partial charge on any atom is 0.232 e. The Morgan fingerprint density at radius 3 is 2.88 bits per heavy atom. The van der Waals surface area contributed by atoms with E-state index in [0.29, 0.717) is 16.8 Å². The molecule has 3 aromatic rings. The lowest BCUT2D eigenvalue weighted by Crippen LogP contribution is -2.14. The van der Waals surface area contributed by atoms with Gasteiger partial charge in [-0.2, -0.15) is 0 Å². The molecular formula is C17H21N5O2S2. The molecule has 7 nitrogen and oxygen atoms in total. The minimum Gasteiger partial charge on any atom is -0.445 e. The number of imidazole rings is 1. The van der Waals surface area contributed by atoms with Gasteiger partial charge in [0.2, 0.25) is 11.8 Å². The van der Waals surface area contributed by atoms with E-state index in [2.05, 4.69) is 46.0 Å². The Bertz CT molecular complexity index is 849. The number of aromatic nitrogens is 4. The molecule has 0 saturated carbocycles. The second-order valence-electron chi connectivity index (χ2n) is 7.03. The van der Waals surface area contributed by atoms with Gasteiger partial charge in [-0.3, -0.25) is 4.79 Å². The van der Waals surface area contributed by atoms with Crippen molar-refractivity contribution in [3.8, 4) is 0 Å². The van der Waals surface area contributed by atoms with Crippen molar-refractivity contribution in [1.29, 1.82) is 0 Å². The van der Waals surface area contributed by atoms with Crippen LogP contribution in [0.3, 0.4) is 0 Å². The summed E-state index contributed by atoms with van der Waals surface area (Å²) in [5.74, 6) is 2.12. The fourth-order valence-electron chi connectivity index (χ4n) is 2.25. The number of rotatable bonds is 7. The molecule has 0 spiro atoms. The van der Waals surface area contributed by atoms with Crippen LogP contribution in [0, 0.1) is 5.41 Å². The normalized spacial score (nSPS) is 11.7. The summed E-state index contributed by atoms with van der Waals surface area (Å²) in [5, 5.41) is 3.38. The Kier molecular flexibility index (Phi) is 5.77. The van der Waals surface area contributed by atoms with Crippen molar-refractivity contribution in [3.63, 3.8) is 0 Å². The first kappa shape index (κ1) is 18.7. The molecule has 0 bridgehead atoms. The van der Waals surface area contributed by atoms with E-state index >= 15 is 0 Å². The third-order valence-corrected chi connectivity index (χ3v) is 5.37. The highest BCUT2D eigenvalue weighted by Gasteiger charge is 2.15. The first-order valence-corrected chi connectivity index (χ1v) is 9.97. The van der Waals surface area contributed by atoms with Gasteiger partial charge < -0.3 is 14.7 Å². The van der Waals surface area contributed by atoms with Gasteiger partial charge in [0.1, 0.15) is 5.76 Å². The van der Waals surface area contributed by atoms with Crippen molar-refractivity contribution in [2.45, 2.75) is 43.6 Å². The van der Waals surface area contributed by atoms with E-state index in [-0.39, 0.29) is 17.7 Å². The lowest BCUT2D eigenvalue weighted by molar-refractivity contribution is -0.115. The summed E-state index contributed by atoms with van der Waals surface area (Å²) >= 11 is 3.02. The van der Waals surface area contributed by atoms with Gasteiger partial charge in [0.25, 0.3) is 0 Å². The van der Waals surface area contributed by atoms with Gasteiger partial charge in [-0.05, 0) is 5.41 Å². The third kappa shape index (κ3) is 5.70. The highest BCUT2D eigenvalue weighted by Crippen LogP contribution is 2.31. The molecule has 138 valence electrons. The van der Waals surface area contributed by atoms with E-state index in [0.717, 1.165) is 22.1 Å². The molecular weight excluding hydrogens is 370 g/mol. The maximum absolute atomic E-state index is 12.0. The predicted molar refractivity (Wildman–Crippen MR) is 102 cm³/mol. The van der Waals surface area contributed by atoms with Crippen LogP contribution < -0.4 is 5.32 Å². The molecule has 0 unspecified atom stereocenters. The zero-order valence-electron chi connectivity index (χ0n) is 14.9. The van der Waals surface area contributed by atoms with Gasteiger partial charge >= 0.3 is 0 Å². The number of amides is 1. The molecule has 3 aromatic heterocycles. The van der Waals surface area contributed by atoms with Crippen LogP contribution in [0.15, 0.2) is 33.5 Å². The van der Waals surface area contributed by atoms with Gasteiger partial charge in [0.05, 0.1) is 35.1 Å². The highest BCUT2D eigenvalue weighted by molar-refractivity contribution is 8.00. The molecule has 0 aliphatic heterocycles. The molecule has 26 heavy (non-hydrogen) atoms. The van der Waals surface area contributed by atoms with Gasteiger partial charge in [-0.25, -0.2) is 15.0 Å². The summed E-state index contributed by atoms with van der Waals surface area (Å²) < 4.78 is 6.78. The van der Waals surface area contributed by atoms with Crippen molar-refractivity contribution >= 4 is 34.1 Å². The molecule has 3 heterocycles. The molecule has 1 amide bonds. The standard InChI is InChI=1S/C17H21N5O2S2/c1-17(2,3)5-12-7-19-14(24-12)9-25-15-8-20-16(26-15)22-13(23)4-11-6-18-10-21-11/h6-8,10H,4-5,9H2,1-3H3,(H,18,21)(H,20,22,23). The second-order valence-corrected chi connectivity index (χ2v) is 9.34. The Balaban J connectivity index is 1.48. The highest BCUT2D eigenvalue weighted by atomic mass is 32.2. The summed E-state index contributed by atoms with van der Waals surface area (Å²) in [4.78, 5) is 27.3. The van der Waals surface area contributed by atoms with E-state index in [9.17, 15) is 4.79 Å². The van der Waals surface area contributed by atoms with Crippen molar-refractivity contribution in [3.05, 3.63) is 42.3 Å². The molecule has 2 N–H and O–H groups in total. The number of thioether (sulfide) groups is 1. The molecule has 0 radical (unpaired) electrons. The number of nitrogens with one attached hydrogen (secondary N) is 2. The number of thiazole rings is 1. The van der Waals surface area contributed by atoms with Crippen molar-refractivity contribution in [1.82, 2.24) is 19.9 Å². The number of H-pyrrole nitrogens is 1. The molecule has 0 aliphatic carbocycles. The number of nitrogens with zero attached hydrogens (tertiary/aromatic N) is 3. The van der Waals surface area contributed by atoms with Crippen LogP contribution >= 0.6 is 23.1 Å². The minimum atomic E-state index is -0.125. The number of anilines is 1. The number of aromatic amines is 1. The van der Waals surface area contributed by atoms with Gasteiger partial charge in [0.15, 0.2) is 5.13 Å². The second kappa shape index (κ2) is 8.05. The summed E-state index contributed by atoms with van der Waals surface area (Å²) in [6.45, 7) is 6.51. The Hall–Kier alpha value is -2.13. The van der Waals surface area contributed by atoms with Crippen molar-refractivity contribution < 1.29 is 9.21 Å². The fraction of sp³-hybridized carbons (Fsp3) is 0.412. The maximum atomic E-state index is 12.0. The van der Waals surface area contributed by atoms with Crippen LogP contribution in [0.4, 0.5) is 5.13 Å². The lowest BCUT2D eigenvalue weighted by Gasteiger charge is -2.15. The zero-order chi connectivity index (χ0) is 18.6. The minimum absolute atomic E-state index is 0.125. The van der Waals surface area contributed by atoms with Crippen molar-refractivity contribution in [2.24, 2.45) is 5.41 Å². The Morgan fingerprint density at radius 1 is 1.31 bits per heavy atom. The fourth-order valence-corrected chi connectivity index (χ4v) is 4.00. The van der Waals surface area contributed by atoms with E-state index in [4.69, 9.17) is 4.42 Å². The summed E-state index contributed by atoms with van der Waals surface area (Å²) in [6.07, 6.45) is 7.84. The summed E-state index contributed by atoms with van der Waals surface area (Å²) in [6, 6.07) is 0. The molecule has 0 fully saturated rings. The van der Waals surface area contributed by atoms with E-state index in [1.165, 1.54) is 11.3 Å². The van der Waals surface area contributed by atoms with E-state index < -0.39 is 0 Å². The molecule has 0 aromatic carbocycles. The lowest BCUT2D eigenvalue weighted by atomic mass is 9.91. The first-order valence-electron chi connectivity index (χ1n) is 8.17. The quantitative estimate of drug-likeness (QED) is 0.593. The topological polar surface area (TPSA) is 96.7 Å². The van der Waals surface area contributed by atoms with E-state index in [1.807, 2.05) is 0 Å². The zero-order valence-corrected chi connectivity index (χ0v) is 16.5. The number of oxazole rings is 1. The average Bonchev–Trinajstić information content (AvgIpc) is 3.26. The van der Waals surface area contributed by atoms with Crippen LogP contribution in [0.1, 0.15) is 38.1 Å². The SMILES string of the molecule is CC(C)(C)Cc1cnc(CSc2cnc(NC(=O)Cc3cnc[nH]3)s2)o1. The number of carbonyl (C=O) groups excluding carboxylic acids is 1. The predicted octanol–water partition coefficient (Wildman–Crippen LogP) is 3.92. The van der Waals surface area contributed by atoms with Crippen LogP contribution in [0.5, 0.6) is 0 Å². The van der Waals surface area contributed by atoms with Crippen molar-refractivity contribution in [2.75, 3.05) is 5.32 Å². The van der Waals surface area contributed by atoms with Gasteiger partial charge in [0, 0.05) is 18.3 Å². The monoisotopic (exact) mass is 391 g/mol. The van der Waals surface area contributed by atoms with Crippen LogP contribution in [-0.4, -0.2) is 25.8 Å². The smallest absolute Gasteiger partial charge is 0.232 e. The molecule has 9 heteroatoms. The van der Waals surface area contributed by atoms with Crippen LogP contribution in [0.2, 0.25) is 0 Å². The Morgan fingerprint density at radius 2 is 2.15 bits per heavy atom. The van der Waals surface area contributed by atoms with Crippen LogP contribution in [0.25, 0.3) is 0 Å². The summed E-state index contributed by atoms with van der Waals surface area (Å²) in [5.41, 5.74) is 0.939. The summed E-state index contributed by atoms with van der Waals surface area (Å²) in [7, 11) is 0. The number of carbonyl (C=O) groups is 1. The van der Waals surface area contributed by atoms with Crippen LogP contribution in [-0.2, 0) is 23.4 Å². The number of hydrogen-bond acceptors (Lipinski definition) is 7. The molecule has 0 atom stereocenters. The van der Waals surface area contributed by atoms with Gasteiger partial charge in [-0.15, -0.1) is 11.8 Å². The molecule has 3 rings (SSSR count). The number of hydrogen-bond donors (Lipinski definition) is 2. The molecule has 0 saturated heterocycles. The third-order valence-electron chi connectivity index (χ3n) is 3.28. The van der Waals surface area contributed by atoms with Gasteiger partial charge in [-0.1, -0.05) is 32.1 Å². The average molecular weight is 392 g/mol.